The highest BCUT2D eigenvalue weighted by molar-refractivity contribution is 6.41. The van der Waals surface area contributed by atoms with Crippen LogP contribution in [0.4, 0.5) is 5.82 Å². The molecule has 25 heavy (non-hydrogen) atoms. The molecule has 1 amide bonds. The summed E-state index contributed by atoms with van der Waals surface area (Å²) in [6, 6.07) is 2.91. The number of pyridine rings is 1. The van der Waals surface area contributed by atoms with E-state index < -0.39 is 18.0 Å². The SMILES string of the molecule is CCCCC(OC(=O)c1cnc(Cl)c(Cl)c1)C(=O)Nc1cc(C)on1. The number of nitrogens with one attached hydrogen (secondary N) is 1. The molecular weight excluding hydrogens is 369 g/mol. The number of aryl methyl sites for hydroxylation is 1. The first-order valence-electron chi connectivity index (χ1n) is 7.67. The second-order valence-corrected chi connectivity index (χ2v) is 6.11. The summed E-state index contributed by atoms with van der Waals surface area (Å²) in [6.07, 6.45) is 2.20. The fourth-order valence-electron chi connectivity index (χ4n) is 2.00. The van der Waals surface area contributed by atoms with Crippen molar-refractivity contribution in [3.8, 4) is 0 Å². The zero-order chi connectivity index (χ0) is 18.4. The van der Waals surface area contributed by atoms with Crippen LogP contribution in [-0.4, -0.2) is 28.1 Å². The molecule has 2 rings (SSSR count). The van der Waals surface area contributed by atoms with E-state index in [1.807, 2.05) is 6.92 Å². The smallest absolute Gasteiger partial charge is 0.340 e. The summed E-state index contributed by atoms with van der Waals surface area (Å²) < 4.78 is 10.2. The summed E-state index contributed by atoms with van der Waals surface area (Å²) in [5.41, 5.74) is 0.112. The second kappa shape index (κ2) is 8.82. The Kier molecular flexibility index (Phi) is 6.78. The van der Waals surface area contributed by atoms with Gasteiger partial charge in [0.05, 0.1) is 10.6 Å². The maximum absolute atomic E-state index is 12.4. The lowest BCUT2D eigenvalue weighted by Gasteiger charge is -2.16. The molecule has 0 aliphatic carbocycles. The number of ether oxygens (including phenoxy) is 1. The van der Waals surface area contributed by atoms with Crippen LogP contribution < -0.4 is 5.32 Å². The third-order valence-electron chi connectivity index (χ3n) is 3.27. The van der Waals surface area contributed by atoms with E-state index >= 15 is 0 Å². The van der Waals surface area contributed by atoms with Gasteiger partial charge >= 0.3 is 5.97 Å². The maximum atomic E-state index is 12.4. The first-order chi connectivity index (χ1) is 11.9. The van der Waals surface area contributed by atoms with Gasteiger partial charge in [-0.25, -0.2) is 9.78 Å². The minimum atomic E-state index is -0.973. The molecule has 0 spiro atoms. The molecule has 2 aromatic rings. The molecular formula is C16H17Cl2N3O4. The topological polar surface area (TPSA) is 94.3 Å². The number of unbranched alkanes of at least 4 members (excludes halogenated alkanes) is 1. The van der Waals surface area contributed by atoms with Crippen molar-refractivity contribution in [2.24, 2.45) is 0 Å². The van der Waals surface area contributed by atoms with Crippen molar-refractivity contribution in [3.63, 3.8) is 0 Å². The van der Waals surface area contributed by atoms with Crippen LogP contribution in [0.2, 0.25) is 10.2 Å². The molecule has 0 bridgehead atoms. The number of aromatic nitrogens is 2. The zero-order valence-corrected chi connectivity index (χ0v) is 15.2. The lowest BCUT2D eigenvalue weighted by molar-refractivity contribution is -0.125. The van der Waals surface area contributed by atoms with Gasteiger partial charge in [-0.2, -0.15) is 0 Å². The second-order valence-electron chi connectivity index (χ2n) is 5.34. The predicted octanol–water partition coefficient (Wildman–Crippen LogP) is 4.04. The van der Waals surface area contributed by atoms with Crippen molar-refractivity contribution in [1.82, 2.24) is 10.1 Å². The van der Waals surface area contributed by atoms with Gasteiger partial charge in [-0.15, -0.1) is 0 Å². The average Bonchev–Trinajstić information content (AvgIpc) is 2.98. The van der Waals surface area contributed by atoms with E-state index in [9.17, 15) is 9.59 Å². The Morgan fingerprint density at radius 2 is 2.12 bits per heavy atom. The Balaban J connectivity index is 2.08. The van der Waals surface area contributed by atoms with Crippen molar-refractivity contribution in [3.05, 3.63) is 39.8 Å². The molecule has 134 valence electrons. The minimum absolute atomic E-state index is 0.0832. The Hall–Kier alpha value is -2.12. The number of rotatable bonds is 7. The van der Waals surface area contributed by atoms with Crippen LogP contribution in [0, 0.1) is 6.92 Å². The summed E-state index contributed by atoms with van der Waals surface area (Å²) in [5, 5.41) is 6.46. The highest BCUT2D eigenvalue weighted by atomic mass is 35.5. The van der Waals surface area contributed by atoms with E-state index in [-0.39, 0.29) is 21.6 Å². The van der Waals surface area contributed by atoms with Gasteiger partial charge in [0.2, 0.25) is 0 Å². The fraction of sp³-hybridized carbons (Fsp3) is 0.375. The fourth-order valence-corrected chi connectivity index (χ4v) is 2.26. The number of hydrogen-bond donors (Lipinski definition) is 1. The molecule has 7 nitrogen and oxygen atoms in total. The number of carbonyl (C=O) groups excluding carboxylic acids is 2. The number of anilines is 1. The van der Waals surface area contributed by atoms with Gasteiger partial charge in [0.15, 0.2) is 11.9 Å². The number of amides is 1. The van der Waals surface area contributed by atoms with E-state index in [1.54, 1.807) is 13.0 Å². The van der Waals surface area contributed by atoms with E-state index in [0.717, 1.165) is 6.42 Å². The molecule has 2 aromatic heterocycles. The number of carbonyl (C=O) groups is 2. The Morgan fingerprint density at radius 3 is 2.72 bits per heavy atom. The van der Waals surface area contributed by atoms with Crippen molar-refractivity contribution in [2.75, 3.05) is 5.32 Å². The molecule has 2 heterocycles. The van der Waals surface area contributed by atoms with Crippen LogP contribution in [0.1, 0.15) is 42.3 Å². The standard InChI is InChI=1S/C16H17Cl2N3O4/c1-3-4-5-12(15(22)20-13-6-9(2)25-21-13)24-16(23)10-7-11(17)14(18)19-8-10/h6-8,12H,3-5H2,1-2H3,(H,20,21,22). The van der Waals surface area contributed by atoms with Gasteiger partial charge in [0, 0.05) is 12.3 Å². The molecule has 1 unspecified atom stereocenters. The first-order valence-corrected chi connectivity index (χ1v) is 8.42. The highest BCUT2D eigenvalue weighted by Crippen LogP contribution is 2.21. The monoisotopic (exact) mass is 385 g/mol. The molecule has 1 N–H and O–H groups in total. The Bertz CT molecular complexity index is 764. The molecule has 1 atom stereocenters. The zero-order valence-electron chi connectivity index (χ0n) is 13.7. The predicted molar refractivity (Wildman–Crippen MR) is 92.9 cm³/mol. The molecule has 0 aliphatic rings. The molecule has 0 aromatic carbocycles. The quantitative estimate of drug-likeness (QED) is 0.570. The molecule has 9 heteroatoms. The van der Waals surface area contributed by atoms with E-state index in [1.165, 1.54) is 12.3 Å². The van der Waals surface area contributed by atoms with Crippen LogP contribution in [0.25, 0.3) is 0 Å². The highest BCUT2D eigenvalue weighted by Gasteiger charge is 2.24. The van der Waals surface area contributed by atoms with E-state index in [2.05, 4.69) is 15.5 Å². The molecule has 0 aliphatic heterocycles. The van der Waals surface area contributed by atoms with Gasteiger partial charge in [0.25, 0.3) is 5.91 Å². The summed E-state index contributed by atoms with van der Waals surface area (Å²) in [4.78, 5) is 28.4. The van der Waals surface area contributed by atoms with Gasteiger partial charge in [0.1, 0.15) is 10.9 Å². The summed E-state index contributed by atoms with van der Waals surface area (Å²) in [7, 11) is 0. The lowest BCUT2D eigenvalue weighted by atomic mass is 10.1. The summed E-state index contributed by atoms with van der Waals surface area (Å²) >= 11 is 11.6. The summed E-state index contributed by atoms with van der Waals surface area (Å²) in [5.74, 6) is -0.377. The summed E-state index contributed by atoms with van der Waals surface area (Å²) in [6.45, 7) is 3.68. The molecule has 0 saturated heterocycles. The molecule has 0 fully saturated rings. The van der Waals surface area contributed by atoms with Gasteiger partial charge in [-0.1, -0.05) is 41.7 Å². The van der Waals surface area contributed by atoms with E-state index in [4.69, 9.17) is 32.5 Å². The number of halogens is 2. The van der Waals surface area contributed by atoms with Crippen molar-refractivity contribution in [1.29, 1.82) is 0 Å². The molecule has 0 saturated carbocycles. The van der Waals surface area contributed by atoms with Gasteiger partial charge < -0.3 is 14.6 Å². The largest absolute Gasteiger partial charge is 0.449 e. The Morgan fingerprint density at radius 1 is 1.36 bits per heavy atom. The third kappa shape index (κ3) is 5.44. The van der Waals surface area contributed by atoms with Crippen molar-refractivity contribution in [2.45, 2.75) is 39.2 Å². The first kappa shape index (κ1) is 19.2. The van der Waals surface area contributed by atoms with Gasteiger partial charge in [-0.05, 0) is 25.8 Å². The Labute approximate surface area is 154 Å². The third-order valence-corrected chi connectivity index (χ3v) is 3.96. The van der Waals surface area contributed by atoms with Crippen molar-refractivity contribution >= 4 is 40.9 Å². The van der Waals surface area contributed by atoms with Crippen LogP contribution in [-0.2, 0) is 9.53 Å². The molecule has 0 radical (unpaired) electrons. The van der Waals surface area contributed by atoms with E-state index in [0.29, 0.717) is 18.6 Å². The number of hydrogen-bond acceptors (Lipinski definition) is 6. The van der Waals surface area contributed by atoms with Crippen molar-refractivity contribution < 1.29 is 18.8 Å². The number of nitrogens with zero attached hydrogens (tertiary/aromatic N) is 2. The van der Waals surface area contributed by atoms with Crippen LogP contribution in [0.3, 0.4) is 0 Å². The normalized spacial score (nSPS) is 11.8. The number of esters is 1. The minimum Gasteiger partial charge on any atom is -0.449 e. The lowest BCUT2D eigenvalue weighted by Crippen LogP contribution is -2.32. The van der Waals surface area contributed by atoms with Crippen LogP contribution in [0.15, 0.2) is 22.9 Å². The van der Waals surface area contributed by atoms with Crippen LogP contribution >= 0.6 is 23.2 Å². The van der Waals surface area contributed by atoms with Gasteiger partial charge in [-0.3, -0.25) is 4.79 Å². The average molecular weight is 386 g/mol. The maximum Gasteiger partial charge on any atom is 0.340 e. The van der Waals surface area contributed by atoms with Crippen LogP contribution in [0.5, 0.6) is 0 Å².